The van der Waals surface area contributed by atoms with E-state index in [1.165, 1.54) is 12.1 Å². The molecule has 7 heteroatoms. The zero-order valence-electron chi connectivity index (χ0n) is 13.6. The SMILES string of the molecule is NC1(C(=O)NCc2cc(F)cc(Cl)c2)CCN(C2=CCCC=C2)C1=O. The van der Waals surface area contributed by atoms with Crippen LogP contribution >= 0.6 is 11.6 Å². The molecule has 1 aliphatic carbocycles. The van der Waals surface area contributed by atoms with Crippen LogP contribution in [0.5, 0.6) is 0 Å². The predicted octanol–water partition coefficient (Wildman–Crippen LogP) is 2.26. The first-order valence-corrected chi connectivity index (χ1v) is 8.49. The topological polar surface area (TPSA) is 75.4 Å². The lowest BCUT2D eigenvalue weighted by Gasteiger charge is -2.24. The van der Waals surface area contributed by atoms with E-state index in [1.54, 1.807) is 11.0 Å². The molecular formula is C18H19ClFN3O2. The number of rotatable bonds is 4. The van der Waals surface area contributed by atoms with Gasteiger partial charge in [-0.3, -0.25) is 9.59 Å². The van der Waals surface area contributed by atoms with Crippen molar-refractivity contribution in [2.45, 2.75) is 31.3 Å². The minimum absolute atomic E-state index is 0.0468. The Morgan fingerprint density at radius 3 is 2.84 bits per heavy atom. The molecule has 5 nitrogen and oxygen atoms in total. The standard InChI is InChI=1S/C18H19ClFN3O2/c19-13-8-12(9-14(20)10-13)11-22-16(24)18(21)6-7-23(17(18)25)15-4-2-1-3-5-15/h2,4-5,8-10H,1,3,6-7,11,21H2,(H,22,24). The minimum atomic E-state index is -1.61. The second-order valence-corrected chi connectivity index (χ2v) is 6.68. The molecule has 1 fully saturated rings. The Morgan fingerprint density at radius 1 is 1.36 bits per heavy atom. The van der Waals surface area contributed by atoms with Crippen LogP contribution in [0.25, 0.3) is 0 Å². The van der Waals surface area contributed by atoms with Crippen molar-refractivity contribution in [2.24, 2.45) is 5.73 Å². The predicted molar refractivity (Wildman–Crippen MR) is 93.0 cm³/mol. The van der Waals surface area contributed by atoms with Crippen LogP contribution in [-0.4, -0.2) is 28.8 Å². The van der Waals surface area contributed by atoms with Crippen LogP contribution < -0.4 is 11.1 Å². The molecular weight excluding hydrogens is 345 g/mol. The van der Waals surface area contributed by atoms with Crippen LogP contribution in [0.3, 0.4) is 0 Å². The van der Waals surface area contributed by atoms with E-state index in [9.17, 15) is 14.0 Å². The van der Waals surface area contributed by atoms with Gasteiger partial charge in [0.15, 0.2) is 5.54 Å². The van der Waals surface area contributed by atoms with Gasteiger partial charge in [0.2, 0.25) is 5.91 Å². The number of nitrogens with two attached hydrogens (primary N) is 1. The fourth-order valence-electron chi connectivity index (χ4n) is 3.05. The van der Waals surface area contributed by atoms with E-state index in [2.05, 4.69) is 5.32 Å². The molecule has 1 aromatic rings. The number of hydrogen-bond donors (Lipinski definition) is 2. The normalized spacial score (nSPS) is 22.9. The van der Waals surface area contributed by atoms with Crippen molar-refractivity contribution in [3.8, 4) is 0 Å². The monoisotopic (exact) mass is 363 g/mol. The summed E-state index contributed by atoms with van der Waals surface area (Å²) in [6, 6.07) is 4.01. The Bertz CT molecular complexity index is 757. The van der Waals surface area contributed by atoms with Gasteiger partial charge in [0.1, 0.15) is 5.82 Å². The highest BCUT2D eigenvalue weighted by atomic mass is 35.5. The van der Waals surface area contributed by atoms with Crippen molar-refractivity contribution in [1.82, 2.24) is 10.2 Å². The second kappa shape index (κ2) is 6.98. The number of halogens is 2. The van der Waals surface area contributed by atoms with Gasteiger partial charge >= 0.3 is 0 Å². The number of nitrogens with one attached hydrogen (secondary N) is 1. The molecule has 1 saturated heterocycles. The number of carbonyl (C=O) groups is 2. The lowest BCUT2D eigenvalue weighted by Crippen LogP contribution is -2.58. The fourth-order valence-corrected chi connectivity index (χ4v) is 3.29. The molecule has 1 heterocycles. The van der Waals surface area contributed by atoms with E-state index in [0.717, 1.165) is 18.5 Å². The van der Waals surface area contributed by atoms with Crippen molar-refractivity contribution >= 4 is 23.4 Å². The Morgan fingerprint density at radius 2 is 2.16 bits per heavy atom. The number of hydrogen-bond acceptors (Lipinski definition) is 3. The average molecular weight is 364 g/mol. The molecule has 1 aliphatic heterocycles. The van der Waals surface area contributed by atoms with Gasteiger partial charge in [0.05, 0.1) is 0 Å². The summed E-state index contributed by atoms with van der Waals surface area (Å²) in [6.07, 6.45) is 7.87. The summed E-state index contributed by atoms with van der Waals surface area (Å²) in [5.74, 6) is -1.47. The molecule has 1 unspecified atom stereocenters. The summed E-state index contributed by atoms with van der Waals surface area (Å²) in [6.45, 7) is 0.440. The van der Waals surface area contributed by atoms with Crippen LogP contribution in [0.4, 0.5) is 4.39 Å². The molecule has 3 N–H and O–H groups in total. The summed E-state index contributed by atoms with van der Waals surface area (Å²) >= 11 is 5.80. The number of benzene rings is 1. The molecule has 0 radical (unpaired) electrons. The quantitative estimate of drug-likeness (QED) is 0.806. The molecule has 0 aromatic heterocycles. The van der Waals surface area contributed by atoms with Crippen molar-refractivity contribution < 1.29 is 14.0 Å². The van der Waals surface area contributed by atoms with Crippen LogP contribution in [0, 0.1) is 5.82 Å². The van der Waals surface area contributed by atoms with Crippen molar-refractivity contribution in [2.75, 3.05) is 6.54 Å². The maximum atomic E-state index is 13.4. The van der Waals surface area contributed by atoms with Gasteiger partial charge in [0.25, 0.3) is 5.91 Å². The van der Waals surface area contributed by atoms with E-state index >= 15 is 0 Å². The van der Waals surface area contributed by atoms with Gasteiger partial charge in [-0.15, -0.1) is 0 Å². The van der Waals surface area contributed by atoms with Crippen molar-refractivity contribution in [3.05, 3.63) is 58.5 Å². The molecule has 0 spiro atoms. The van der Waals surface area contributed by atoms with Crippen LogP contribution in [0.15, 0.2) is 42.1 Å². The lowest BCUT2D eigenvalue weighted by molar-refractivity contribution is -0.138. The molecule has 1 aromatic carbocycles. The highest BCUT2D eigenvalue weighted by Gasteiger charge is 2.50. The van der Waals surface area contributed by atoms with Crippen molar-refractivity contribution in [1.29, 1.82) is 0 Å². The zero-order chi connectivity index (χ0) is 18.0. The zero-order valence-corrected chi connectivity index (χ0v) is 14.4. The van der Waals surface area contributed by atoms with Crippen LogP contribution in [0.1, 0.15) is 24.8 Å². The van der Waals surface area contributed by atoms with Gasteiger partial charge in [-0.2, -0.15) is 0 Å². The maximum absolute atomic E-state index is 13.4. The smallest absolute Gasteiger partial charge is 0.256 e. The summed E-state index contributed by atoms with van der Waals surface area (Å²) in [7, 11) is 0. The average Bonchev–Trinajstić information content (AvgIpc) is 2.89. The van der Waals surface area contributed by atoms with Gasteiger partial charge in [-0.1, -0.05) is 23.8 Å². The first-order valence-electron chi connectivity index (χ1n) is 8.11. The third kappa shape index (κ3) is 3.60. The summed E-state index contributed by atoms with van der Waals surface area (Å²) in [5.41, 5.74) is 5.79. The van der Waals surface area contributed by atoms with Gasteiger partial charge < -0.3 is 16.0 Å². The Hall–Kier alpha value is -2.18. The molecule has 25 heavy (non-hydrogen) atoms. The first kappa shape index (κ1) is 17.6. The molecule has 3 rings (SSSR count). The molecule has 2 aliphatic rings. The number of likely N-dealkylation sites (tertiary alicyclic amines) is 1. The highest BCUT2D eigenvalue weighted by Crippen LogP contribution is 2.27. The van der Waals surface area contributed by atoms with E-state index in [0.29, 0.717) is 12.1 Å². The molecule has 0 bridgehead atoms. The Kier molecular flexibility index (Phi) is 4.92. The number of carbonyl (C=O) groups excluding carboxylic acids is 2. The summed E-state index contributed by atoms with van der Waals surface area (Å²) in [4.78, 5) is 26.7. The number of allylic oxidation sites excluding steroid dienone is 3. The number of amides is 2. The summed E-state index contributed by atoms with van der Waals surface area (Å²) in [5, 5.41) is 2.86. The minimum Gasteiger partial charge on any atom is -0.350 e. The molecule has 2 amide bonds. The van der Waals surface area contributed by atoms with E-state index in [1.807, 2.05) is 18.2 Å². The van der Waals surface area contributed by atoms with Gasteiger partial charge in [0, 0.05) is 30.2 Å². The number of nitrogens with zero attached hydrogens (tertiary/aromatic N) is 1. The maximum Gasteiger partial charge on any atom is 0.256 e. The third-order valence-corrected chi connectivity index (χ3v) is 4.64. The van der Waals surface area contributed by atoms with Gasteiger partial charge in [-0.05, 0) is 42.7 Å². The van der Waals surface area contributed by atoms with Crippen LogP contribution in [0.2, 0.25) is 5.02 Å². The summed E-state index contributed by atoms with van der Waals surface area (Å²) < 4.78 is 13.4. The van der Waals surface area contributed by atoms with Gasteiger partial charge in [-0.25, -0.2) is 4.39 Å². The van der Waals surface area contributed by atoms with E-state index in [4.69, 9.17) is 17.3 Å². The molecule has 1 atom stereocenters. The third-order valence-electron chi connectivity index (χ3n) is 4.42. The van der Waals surface area contributed by atoms with Crippen molar-refractivity contribution in [3.63, 3.8) is 0 Å². The Labute approximate surface area is 150 Å². The van der Waals surface area contributed by atoms with E-state index < -0.39 is 23.2 Å². The van der Waals surface area contributed by atoms with E-state index in [-0.39, 0.29) is 18.0 Å². The fraction of sp³-hybridized carbons (Fsp3) is 0.333. The first-order chi connectivity index (χ1) is 11.9. The largest absolute Gasteiger partial charge is 0.350 e. The highest BCUT2D eigenvalue weighted by molar-refractivity contribution is 6.30. The van der Waals surface area contributed by atoms with Crippen LogP contribution in [-0.2, 0) is 16.1 Å². The second-order valence-electron chi connectivity index (χ2n) is 6.25. The molecule has 132 valence electrons. The lowest BCUT2D eigenvalue weighted by atomic mass is 9.98. The molecule has 0 saturated carbocycles. The Balaban J connectivity index is 1.68.